The molecule has 2 heterocycles. The van der Waals surface area contributed by atoms with Gasteiger partial charge in [-0.3, -0.25) is 3.97 Å². The highest BCUT2D eigenvalue weighted by atomic mass is 32.1. The van der Waals surface area contributed by atoms with Crippen molar-refractivity contribution in [3.05, 3.63) is 18.5 Å². The third-order valence-corrected chi connectivity index (χ3v) is 4.16. The topological polar surface area (TPSA) is 108 Å². The summed E-state index contributed by atoms with van der Waals surface area (Å²) < 4.78 is 6.29. The predicted molar refractivity (Wildman–Crippen MR) is 105 cm³/mol. The number of carbonyl (C=O) groups is 1. The number of primary amides is 1. The number of nitrogen functional groups attached to an aromatic ring is 1. The first-order chi connectivity index (χ1) is 11.7. The highest BCUT2D eigenvalue weighted by Crippen LogP contribution is 2.32. The smallest absolute Gasteiger partial charge is 0.405 e. The number of amides is 1. The second-order valence-electron chi connectivity index (χ2n) is 7.15. The van der Waals surface area contributed by atoms with Gasteiger partial charge in [0.1, 0.15) is 5.60 Å². The maximum absolute atomic E-state index is 10.0. The molecular weight excluding hydrogens is 338 g/mol. The molecule has 1 aliphatic carbocycles. The van der Waals surface area contributed by atoms with Crippen molar-refractivity contribution in [1.29, 1.82) is 0 Å². The minimum absolute atomic E-state index is 0.453. The van der Waals surface area contributed by atoms with Gasteiger partial charge in [-0.15, -0.1) is 0 Å². The minimum Gasteiger partial charge on any atom is -0.444 e. The fraction of sp³-hybridized carbons (Fsp3) is 0.529. The van der Waals surface area contributed by atoms with Crippen LogP contribution in [0.25, 0.3) is 11.0 Å². The summed E-state index contributed by atoms with van der Waals surface area (Å²) in [7, 11) is 0. The first kappa shape index (κ1) is 19.2. The van der Waals surface area contributed by atoms with E-state index < -0.39 is 11.7 Å². The van der Waals surface area contributed by atoms with E-state index in [1.165, 1.54) is 25.7 Å². The van der Waals surface area contributed by atoms with Crippen molar-refractivity contribution in [3.8, 4) is 0 Å². The Hall–Kier alpha value is -2.09. The van der Waals surface area contributed by atoms with Crippen LogP contribution >= 0.6 is 12.8 Å². The molecule has 0 unspecified atom stereocenters. The molecule has 0 atom stereocenters. The van der Waals surface area contributed by atoms with Crippen molar-refractivity contribution in [1.82, 2.24) is 8.96 Å². The van der Waals surface area contributed by atoms with Crippen molar-refractivity contribution in [2.75, 3.05) is 11.1 Å². The molecule has 1 amide bonds. The molecule has 138 valence electrons. The summed E-state index contributed by atoms with van der Waals surface area (Å²) >= 11 is 4.32. The average Bonchev–Trinajstić information content (AvgIpc) is 3.10. The van der Waals surface area contributed by atoms with Gasteiger partial charge in [0.25, 0.3) is 0 Å². The Labute approximate surface area is 153 Å². The molecule has 25 heavy (non-hydrogen) atoms. The third kappa shape index (κ3) is 5.45. The van der Waals surface area contributed by atoms with Gasteiger partial charge in [0.15, 0.2) is 5.65 Å². The van der Waals surface area contributed by atoms with E-state index in [1.54, 1.807) is 30.9 Å². The van der Waals surface area contributed by atoms with Gasteiger partial charge in [0.05, 0.1) is 17.6 Å². The zero-order chi connectivity index (χ0) is 18.6. The lowest BCUT2D eigenvalue weighted by Gasteiger charge is -2.16. The van der Waals surface area contributed by atoms with E-state index in [-0.39, 0.29) is 0 Å². The van der Waals surface area contributed by atoms with Crippen LogP contribution in [0.5, 0.6) is 0 Å². The van der Waals surface area contributed by atoms with Crippen molar-refractivity contribution < 1.29 is 9.53 Å². The van der Waals surface area contributed by atoms with Crippen molar-refractivity contribution >= 4 is 41.3 Å². The zero-order valence-corrected chi connectivity index (χ0v) is 15.8. The Morgan fingerprint density at radius 1 is 1.40 bits per heavy atom. The molecule has 0 bridgehead atoms. The van der Waals surface area contributed by atoms with Crippen LogP contribution in [0, 0.1) is 0 Å². The molecule has 8 heteroatoms. The van der Waals surface area contributed by atoms with Gasteiger partial charge in [-0.1, -0.05) is 25.7 Å². The highest BCUT2D eigenvalue weighted by molar-refractivity contribution is 7.78. The standard InChI is InChI=1S/C12H16N4S.C5H11NO2/c13-10-7-14-12-9(5-6-16(12)17)11(10)15-8-3-1-2-4-8;1-5(2,3)8-4(6)7/h5-8,17H,1-4,13H2,(H,14,15);1-3H3,(H2,6,7). The fourth-order valence-electron chi connectivity index (χ4n) is 2.83. The predicted octanol–water partition coefficient (Wildman–Crippen LogP) is 3.55. The normalized spacial score (nSPS) is 14.9. The number of ether oxygens (including phenoxy) is 1. The number of carbonyl (C=O) groups excluding carboxylic acids is 1. The van der Waals surface area contributed by atoms with Crippen LogP contribution in [-0.4, -0.2) is 26.7 Å². The number of aromatic nitrogens is 2. The SMILES string of the molecule is CC(C)(C)OC(N)=O.Nc1cnc2c(ccn2S)c1NC1CCCC1. The zero-order valence-electron chi connectivity index (χ0n) is 15.0. The van der Waals surface area contributed by atoms with Crippen LogP contribution in [0.4, 0.5) is 16.2 Å². The second kappa shape index (κ2) is 7.86. The van der Waals surface area contributed by atoms with E-state index in [9.17, 15) is 4.79 Å². The lowest BCUT2D eigenvalue weighted by Crippen LogP contribution is -2.27. The molecule has 7 nitrogen and oxygen atoms in total. The second-order valence-corrected chi connectivity index (χ2v) is 7.58. The fourth-order valence-corrected chi connectivity index (χ4v) is 3.05. The highest BCUT2D eigenvalue weighted by Gasteiger charge is 2.18. The van der Waals surface area contributed by atoms with E-state index in [0.29, 0.717) is 11.7 Å². The summed E-state index contributed by atoms with van der Waals surface area (Å²) in [6.07, 6.45) is 7.93. The van der Waals surface area contributed by atoms with Gasteiger partial charge in [-0.05, 0) is 39.7 Å². The molecule has 0 aromatic carbocycles. The number of pyridine rings is 1. The number of fused-ring (bicyclic) bond motifs is 1. The summed E-state index contributed by atoms with van der Waals surface area (Å²) in [6, 6.07) is 2.55. The number of nitrogens with two attached hydrogens (primary N) is 2. The molecule has 0 saturated heterocycles. The van der Waals surface area contributed by atoms with Crippen LogP contribution in [0.2, 0.25) is 0 Å². The van der Waals surface area contributed by atoms with Gasteiger partial charge in [0.2, 0.25) is 0 Å². The van der Waals surface area contributed by atoms with Crippen LogP contribution in [-0.2, 0) is 4.74 Å². The molecule has 2 aromatic rings. The third-order valence-electron chi connectivity index (χ3n) is 3.83. The Morgan fingerprint density at radius 3 is 2.56 bits per heavy atom. The molecule has 1 saturated carbocycles. The van der Waals surface area contributed by atoms with Crippen LogP contribution in [0.3, 0.4) is 0 Å². The maximum Gasteiger partial charge on any atom is 0.405 e. The number of thiol groups is 1. The molecule has 3 rings (SSSR count). The number of hydrogen-bond donors (Lipinski definition) is 4. The first-order valence-corrected chi connectivity index (χ1v) is 8.77. The Kier molecular flexibility index (Phi) is 6.05. The van der Waals surface area contributed by atoms with Crippen LogP contribution < -0.4 is 16.8 Å². The maximum atomic E-state index is 10.0. The van der Waals surface area contributed by atoms with Crippen molar-refractivity contribution in [2.24, 2.45) is 5.73 Å². The number of nitrogens with one attached hydrogen (secondary N) is 1. The first-order valence-electron chi connectivity index (χ1n) is 8.37. The van der Waals surface area contributed by atoms with Gasteiger partial charge in [-0.25, -0.2) is 9.78 Å². The van der Waals surface area contributed by atoms with Crippen LogP contribution in [0.15, 0.2) is 18.5 Å². The summed E-state index contributed by atoms with van der Waals surface area (Å²) in [5, 5.41) is 4.60. The molecule has 0 aliphatic heterocycles. The van der Waals surface area contributed by atoms with Gasteiger partial charge >= 0.3 is 6.09 Å². The Bertz CT molecular complexity index is 732. The Morgan fingerprint density at radius 2 is 2.04 bits per heavy atom. The van der Waals surface area contributed by atoms with E-state index >= 15 is 0 Å². The summed E-state index contributed by atoms with van der Waals surface area (Å²) in [5.74, 6) is 0. The largest absolute Gasteiger partial charge is 0.444 e. The number of rotatable bonds is 2. The molecular formula is C17H27N5O2S. The minimum atomic E-state index is -0.725. The summed E-state index contributed by atoms with van der Waals surface area (Å²) in [6.45, 7) is 5.28. The van der Waals surface area contributed by atoms with Gasteiger partial charge < -0.3 is 21.5 Å². The molecule has 0 radical (unpaired) electrons. The summed E-state index contributed by atoms with van der Waals surface area (Å²) in [5.41, 5.74) is 12.9. The van der Waals surface area contributed by atoms with Crippen molar-refractivity contribution in [2.45, 2.75) is 58.1 Å². The van der Waals surface area contributed by atoms with E-state index in [2.05, 4.69) is 27.9 Å². The van der Waals surface area contributed by atoms with E-state index in [1.807, 2.05) is 12.3 Å². The summed E-state index contributed by atoms with van der Waals surface area (Å²) in [4.78, 5) is 14.3. The van der Waals surface area contributed by atoms with Crippen LogP contribution in [0.1, 0.15) is 46.5 Å². The number of hydrogen-bond acceptors (Lipinski definition) is 6. The van der Waals surface area contributed by atoms with Gasteiger partial charge in [0, 0.05) is 17.6 Å². The number of anilines is 2. The Balaban J connectivity index is 0.000000242. The number of nitrogens with zero attached hydrogens (tertiary/aromatic N) is 2. The molecule has 0 spiro atoms. The lowest BCUT2D eigenvalue weighted by atomic mass is 10.2. The van der Waals surface area contributed by atoms with Crippen molar-refractivity contribution in [3.63, 3.8) is 0 Å². The lowest BCUT2D eigenvalue weighted by molar-refractivity contribution is 0.0600. The molecule has 2 aromatic heterocycles. The van der Waals surface area contributed by atoms with E-state index in [4.69, 9.17) is 11.5 Å². The molecule has 5 N–H and O–H groups in total. The van der Waals surface area contributed by atoms with Gasteiger partial charge in [-0.2, -0.15) is 0 Å². The quantitative estimate of drug-likeness (QED) is 0.609. The monoisotopic (exact) mass is 365 g/mol. The average molecular weight is 366 g/mol. The van der Waals surface area contributed by atoms with E-state index in [0.717, 1.165) is 16.7 Å². The molecule has 1 fully saturated rings. The molecule has 1 aliphatic rings.